The second-order valence-corrected chi connectivity index (χ2v) is 2.62. The first kappa shape index (κ1) is 13.2. The summed E-state index contributed by atoms with van der Waals surface area (Å²) in [7, 11) is 0. The van der Waals surface area contributed by atoms with Crippen molar-refractivity contribution in [3.05, 3.63) is 0 Å². The molecule has 0 amide bonds. The first-order valence-electron chi connectivity index (χ1n) is 3.89. The maximum Gasteiger partial charge on any atom is 0.323 e. The minimum Gasteiger partial charge on any atom is -0.465 e. The lowest BCUT2D eigenvalue weighted by atomic mass is 10.1. The highest BCUT2D eigenvalue weighted by Gasteiger charge is 2.43. The molecule has 84 valence electrons. The maximum atomic E-state index is 12.4. The second kappa shape index (κ2) is 5.14. The van der Waals surface area contributed by atoms with Gasteiger partial charge in [0.05, 0.1) is 6.61 Å². The van der Waals surface area contributed by atoms with E-state index in [1.165, 1.54) is 6.92 Å². The van der Waals surface area contributed by atoms with Crippen molar-refractivity contribution in [1.82, 2.24) is 0 Å². The summed E-state index contributed by atoms with van der Waals surface area (Å²) in [6, 6.07) is -1.72. The van der Waals surface area contributed by atoms with Crippen LogP contribution in [-0.2, 0) is 9.53 Å². The Morgan fingerprint density at radius 2 is 2.00 bits per heavy atom. The fourth-order valence-electron chi connectivity index (χ4n) is 0.715. The summed E-state index contributed by atoms with van der Waals surface area (Å²) < 4.78 is 52.3. The van der Waals surface area contributed by atoms with E-state index < -0.39 is 30.8 Å². The minimum atomic E-state index is -4.26. The smallest absolute Gasteiger partial charge is 0.323 e. The monoisotopic (exact) mass is 217 g/mol. The Balaban J connectivity index is 4.17. The second-order valence-electron chi connectivity index (χ2n) is 2.62. The number of hydrogen-bond acceptors (Lipinski definition) is 3. The van der Waals surface area contributed by atoms with Crippen LogP contribution in [0.2, 0.25) is 0 Å². The zero-order chi connectivity index (χ0) is 11.4. The number of carbonyl (C=O) groups excluding carboxylic acids is 1. The summed E-state index contributed by atoms with van der Waals surface area (Å²) in [6.07, 6.45) is -5.24. The Morgan fingerprint density at radius 1 is 1.50 bits per heavy atom. The Kier molecular flexibility index (Phi) is 4.82. The van der Waals surface area contributed by atoms with Gasteiger partial charge in [0.1, 0.15) is 6.04 Å². The standard InChI is InChI=1S/C7H11F4NO2/c1-2-14-5(13)4(12)3-7(10,11)6(8)9/h4,6H,2-3,12H2,1H3. The molecule has 0 bridgehead atoms. The molecule has 0 heterocycles. The molecular formula is C7H11F4NO2. The fraction of sp³-hybridized carbons (Fsp3) is 0.857. The summed E-state index contributed by atoms with van der Waals surface area (Å²) in [4.78, 5) is 10.7. The van der Waals surface area contributed by atoms with Crippen LogP contribution in [0.4, 0.5) is 17.6 Å². The van der Waals surface area contributed by atoms with Gasteiger partial charge in [-0.3, -0.25) is 4.79 Å². The van der Waals surface area contributed by atoms with E-state index in [9.17, 15) is 22.4 Å². The van der Waals surface area contributed by atoms with Crippen molar-refractivity contribution in [2.75, 3.05) is 6.61 Å². The number of alkyl halides is 4. The molecule has 0 aromatic carbocycles. The average Bonchev–Trinajstić information content (AvgIpc) is 2.03. The molecule has 14 heavy (non-hydrogen) atoms. The summed E-state index contributed by atoms with van der Waals surface area (Å²) >= 11 is 0. The third-order valence-electron chi connectivity index (χ3n) is 1.40. The largest absolute Gasteiger partial charge is 0.465 e. The molecule has 0 saturated heterocycles. The molecule has 7 heteroatoms. The van der Waals surface area contributed by atoms with Crippen molar-refractivity contribution in [3.8, 4) is 0 Å². The number of esters is 1. The fourth-order valence-corrected chi connectivity index (χ4v) is 0.715. The molecule has 3 nitrogen and oxygen atoms in total. The molecular weight excluding hydrogens is 206 g/mol. The van der Waals surface area contributed by atoms with Crippen molar-refractivity contribution >= 4 is 5.97 Å². The lowest BCUT2D eigenvalue weighted by Gasteiger charge is -2.18. The summed E-state index contributed by atoms with van der Waals surface area (Å²) in [5.41, 5.74) is 4.94. The molecule has 0 aliphatic carbocycles. The van der Waals surface area contributed by atoms with Crippen LogP contribution >= 0.6 is 0 Å². The first-order valence-corrected chi connectivity index (χ1v) is 3.89. The molecule has 0 aromatic heterocycles. The molecule has 0 rings (SSSR count). The van der Waals surface area contributed by atoms with Crippen molar-refractivity contribution in [1.29, 1.82) is 0 Å². The Labute approximate surface area is 78.2 Å². The van der Waals surface area contributed by atoms with E-state index in [-0.39, 0.29) is 6.61 Å². The minimum absolute atomic E-state index is 0.0349. The predicted octanol–water partition coefficient (Wildman–Crippen LogP) is 1.17. The zero-order valence-corrected chi connectivity index (χ0v) is 7.47. The quantitative estimate of drug-likeness (QED) is 0.555. The van der Waals surface area contributed by atoms with Gasteiger partial charge in [-0.1, -0.05) is 0 Å². The highest BCUT2D eigenvalue weighted by molar-refractivity contribution is 5.75. The lowest BCUT2D eigenvalue weighted by molar-refractivity contribution is -0.157. The van der Waals surface area contributed by atoms with Crippen LogP contribution in [0, 0.1) is 0 Å². The SMILES string of the molecule is CCOC(=O)C(N)CC(F)(F)C(F)F. The van der Waals surface area contributed by atoms with Crippen molar-refractivity contribution in [2.45, 2.75) is 31.7 Å². The van der Waals surface area contributed by atoms with Gasteiger partial charge in [-0.2, -0.15) is 0 Å². The maximum absolute atomic E-state index is 12.4. The Bertz CT molecular complexity index is 198. The van der Waals surface area contributed by atoms with Gasteiger partial charge in [0.15, 0.2) is 0 Å². The van der Waals surface area contributed by atoms with Crippen LogP contribution < -0.4 is 5.73 Å². The summed E-state index contributed by atoms with van der Waals surface area (Å²) in [5, 5.41) is 0. The number of halogens is 4. The molecule has 0 aromatic rings. The van der Waals surface area contributed by atoms with Crippen molar-refractivity contribution < 1.29 is 27.1 Å². The molecule has 2 N–H and O–H groups in total. The van der Waals surface area contributed by atoms with Gasteiger partial charge < -0.3 is 10.5 Å². The van der Waals surface area contributed by atoms with E-state index in [2.05, 4.69) is 4.74 Å². The van der Waals surface area contributed by atoms with Crippen LogP contribution in [0.5, 0.6) is 0 Å². The first-order chi connectivity index (χ1) is 6.31. The molecule has 0 radical (unpaired) electrons. The third kappa shape index (κ3) is 3.91. The van der Waals surface area contributed by atoms with E-state index in [4.69, 9.17) is 5.73 Å². The third-order valence-corrected chi connectivity index (χ3v) is 1.40. The van der Waals surface area contributed by atoms with E-state index in [1.807, 2.05) is 0 Å². The normalized spacial score (nSPS) is 14.2. The van der Waals surface area contributed by atoms with Gasteiger partial charge in [-0.15, -0.1) is 0 Å². The van der Waals surface area contributed by atoms with E-state index >= 15 is 0 Å². The number of rotatable bonds is 5. The van der Waals surface area contributed by atoms with E-state index in [0.29, 0.717) is 0 Å². The molecule has 0 aliphatic rings. The molecule has 0 spiro atoms. The molecule has 0 aliphatic heterocycles. The summed E-state index contributed by atoms with van der Waals surface area (Å²) in [5.74, 6) is -5.36. The number of hydrogen-bond donors (Lipinski definition) is 1. The number of carbonyl (C=O) groups is 1. The predicted molar refractivity (Wildman–Crippen MR) is 40.2 cm³/mol. The van der Waals surface area contributed by atoms with Crippen LogP contribution in [0.15, 0.2) is 0 Å². The van der Waals surface area contributed by atoms with Crippen LogP contribution in [0.1, 0.15) is 13.3 Å². The summed E-state index contributed by atoms with van der Waals surface area (Å²) in [6.45, 7) is 1.42. The Morgan fingerprint density at radius 3 is 2.36 bits per heavy atom. The van der Waals surface area contributed by atoms with Gasteiger partial charge in [0.2, 0.25) is 0 Å². The molecule has 1 unspecified atom stereocenters. The number of ether oxygens (including phenoxy) is 1. The Hall–Kier alpha value is -0.850. The van der Waals surface area contributed by atoms with Crippen molar-refractivity contribution in [2.24, 2.45) is 5.73 Å². The molecule has 1 atom stereocenters. The highest BCUT2D eigenvalue weighted by atomic mass is 19.3. The zero-order valence-electron chi connectivity index (χ0n) is 7.47. The molecule has 0 fully saturated rings. The van der Waals surface area contributed by atoms with Gasteiger partial charge >= 0.3 is 18.3 Å². The van der Waals surface area contributed by atoms with Gasteiger partial charge in [-0.05, 0) is 6.92 Å². The van der Waals surface area contributed by atoms with E-state index in [0.717, 1.165) is 0 Å². The number of nitrogens with two attached hydrogens (primary N) is 1. The van der Waals surface area contributed by atoms with Crippen LogP contribution in [-0.4, -0.2) is 31.0 Å². The van der Waals surface area contributed by atoms with Gasteiger partial charge in [0.25, 0.3) is 0 Å². The van der Waals surface area contributed by atoms with Gasteiger partial charge in [-0.25, -0.2) is 17.6 Å². The highest BCUT2D eigenvalue weighted by Crippen LogP contribution is 2.27. The molecule has 0 saturated carbocycles. The van der Waals surface area contributed by atoms with Gasteiger partial charge in [0, 0.05) is 6.42 Å². The topological polar surface area (TPSA) is 52.3 Å². The van der Waals surface area contributed by atoms with Crippen LogP contribution in [0.25, 0.3) is 0 Å². The average molecular weight is 217 g/mol. The van der Waals surface area contributed by atoms with Crippen LogP contribution in [0.3, 0.4) is 0 Å². The van der Waals surface area contributed by atoms with Crippen molar-refractivity contribution in [3.63, 3.8) is 0 Å². The lowest BCUT2D eigenvalue weighted by Crippen LogP contribution is -2.41. The van der Waals surface area contributed by atoms with E-state index in [1.54, 1.807) is 0 Å².